The predicted octanol–water partition coefficient (Wildman–Crippen LogP) is 4.00. The maximum Gasteiger partial charge on any atom is 0.178 e. The molecule has 0 aliphatic heterocycles. The Balaban J connectivity index is 2.09. The zero-order valence-electron chi connectivity index (χ0n) is 12.7. The Bertz CT molecular complexity index is 640. The molecule has 3 heteroatoms. The summed E-state index contributed by atoms with van der Waals surface area (Å²) in [7, 11) is 3.21. The lowest BCUT2D eigenvalue weighted by molar-refractivity contribution is -0.110. The minimum atomic E-state index is -0.100. The summed E-state index contributed by atoms with van der Waals surface area (Å²) in [6, 6.07) is 15.1. The summed E-state index contributed by atoms with van der Waals surface area (Å²) in [6.07, 6.45) is 6.52. The lowest BCUT2D eigenvalue weighted by Gasteiger charge is -2.03. The fourth-order valence-corrected chi connectivity index (χ4v) is 2.01. The van der Waals surface area contributed by atoms with Crippen molar-refractivity contribution in [1.29, 1.82) is 0 Å². The first kappa shape index (κ1) is 15.6. The molecule has 2 aromatic carbocycles. The molecular weight excluding hydrogens is 276 g/mol. The molecule has 0 bridgehead atoms. The number of hydrogen-bond acceptors (Lipinski definition) is 3. The van der Waals surface area contributed by atoms with Crippen LogP contribution in [-0.2, 0) is 4.79 Å². The van der Waals surface area contributed by atoms with Gasteiger partial charge in [-0.3, -0.25) is 4.79 Å². The molecule has 0 aliphatic rings. The maximum absolute atomic E-state index is 11.9. The average molecular weight is 294 g/mol. The lowest BCUT2D eigenvalue weighted by atomic mass is 10.1. The van der Waals surface area contributed by atoms with Gasteiger partial charge in [-0.15, -0.1) is 0 Å². The topological polar surface area (TPSA) is 35.5 Å². The molecule has 3 nitrogen and oxygen atoms in total. The fraction of sp³-hybridized carbons (Fsp3) is 0.105. The van der Waals surface area contributed by atoms with Crippen LogP contribution in [0, 0.1) is 0 Å². The van der Waals surface area contributed by atoms with E-state index < -0.39 is 0 Å². The van der Waals surface area contributed by atoms with Gasteiger partial charge >= 0.3 is 0 Å². The van der Waals surface area contributed by atoms with Crippen LogP contribution < -0.4 is 9.47 Å². The number of carbonyl (C=O) groups is 1. The third kappa shape index (κ3) is 4.09. The predicted molar refractivity (Wildman–Crippen MR) is 89.1 cm³/mol. The molecular formula is C19H18O3. The number of allylic oxidation sites excluding steroid dienone is 2. The van der Waals surface area contributed by atoms with Gasteiger partial charge in [-0.1, -0.05) is 36.4 Å². The van der Waals surface area contributed by atoms with Crippen molar-refractivity contribution in [1.82, 2.24) is 0 Å². The minimum absolute atomic E-state index is 0.100. The first-order valence-corrected chi connectivity index (χ1v) is 6.90. The van der Waals surface area contributed by atoms with Crippen molar-refractivity contribution in [3.8, 4) is 11.5 Å². The van der Waals surface area contributed by atoms with Crippen LogP contribution in [0.2, 0.25) is 0 Å². The van der Waals surface area contributed by atoms with E-state index in [0.29, 0.717) is 0 Å². The van der Waals surface area contributed by atoms with Gasteiger partial charge in [-0.2, -0.15) is 0 Å². The Hall–Kier alpha value is -2.81. The number of para-hydroxylation sites is 2. The minimum Gasteiger partial charge on any atom is -0.496 e. The van der Waals surface area contributed by atoms with E-state index in [1.165, 1.54) is 12.2 Å². The van der Waals surface area contributed by atoms with Gasteiger partial charge in [0.25, 0.3) is 0 Å². The number of benzene rings is 2. The molecule has 0 N–H and O–H groups in total. The molecule has 22 heavy (non-hydrogen) atoms. The molecule has 2 aromatic rings. The Morgan fingerprint density at radius 3 is 1.59 bits per heavy atom. The molecule has 0 radical (unpaired) electrons. The second-order valence-electron chi connectivity index (χ2n) is 4.55. The summed E-state index contributed by atoms with van der Waals surface area (Å²) >= 11 is 0. The zero-order chi connectivity index (χ0) is 15.8. The van der Waals surface area contributed by atoms with Crippen molar-refractivity contribution >= 4 is 17.9 Å². The monoisotopic (exact) mass is 294 g/mol. The molecule has 0 aromatic heterocycles. The Kier molecular flexibility index (Phi) is 5.55. The Morgan fingerprint density at radius 1 is 0.773 bits per heavy atom. The Morgan fingerprint density at radius 2 is 1.18 bits per heavy atom. The molecule has 0 saturated heterocycles. The van der Waals surface area contributed by atoms with Crippen molar-refractivity contribution in [3.63, 3.8) is 0 Å². The van der Waals surface area contributed by atoms with Gasteiger partial charge in [0.2, 0.25) is 0 Å². The molecule has 0 aliphatic carbocycles. The smallest absolute Gasteiger partial charge is 0.178 e. The van der Waals surface area contributed by atoms with Crippen LogP contribution in [0.1, 0.15) is 11.1 Å². The first-order valence-electron chi connectivity index (χ1n) is 6.90. The summed E-state index contributed by atoms with van der Waals surface area (Å²) in [5.41, 5.74) is 1.73. The number of methoxy groups -OCH3 is 2. The lowest BCUT2D eigenvalue weighted by Crippen LogP contribution is -1.89. The summed E-state index contributed by atoms with van der Waals surface area (Å²) in [5.74, 6) is 1.37. The highest BCUT2D eigenvalue weighted by molar-refractivity contribution is 6.04. The molecule has 0 fully saturated rings. The molecule has 112 valence electrons. The molecule has 0 amide bonds. The van der Waals surface area contributed by atoms with Crippen LogP contribution in [0.3, 0.4) is 0 Å². The first-order chi connectivity index (χ1) is 10.7. The van der Waals surface area contributed by atoms with Crippen molar-refractivity contribution in [2.75, 3.05) is 14.2 Å². The van der Waals surface area contributed by atoms with Crippen LogP contribution in [0.15, 0.2) is 60.7 Å². The third-order valence-corrected chi connectivity index (χ3v) is 3.13. The van der Waals surface area contributed by atoms with Crippen molar-refractivity contribution < 1.29 is 14.3 Å². The highest BCUT2D eigenvalue weighted by Gasteiger charge is 1.99. The van der Waals surface area contributed by atoms with Crippen LogP contribution in [-0.4, -0.2) is 20.0 Å². The average Bonchev–Trinajstić information content (AvgIpc) is 2.58. The quantitative estimate of drug-likeness (QED) is 0.755. The van der Waals surface area contributed by atoms with Gasteiger partial charge in [-0.05, 0) is 36.4 Å². The summed E-state index contributed by atoms with van der Waals surface area (Å²) < 4.78 is 10.5. The van der Waals surface area contributed by atoms with E-state index in [9.17, 15) is 4.79 Å². The molecule has 0 atom stereocenters. The van der Waals surface area contributed by atoms with Crippen LogP contribution >= 0.6 is 0 Å². The van der Waals surface area contributed by atoms with E-state index in [2.05, 4.69) is 0 Å². The second kappa shape index (κ2) is 7.84. The standard InChI is InChI=1S/C19H18O3/c1-21-18-9-5-3-7-15(18)11-13-17(20)14-12-16-8-4-6-10-19(16)22-2/h3-14H,1-2H3/b13-11+,14-12+. The molecule has 2 rings (SSSR count). The van der Waals surface area contributed by atoms with Crippen LogP contribution in [0.25, 0.3) is 12.2 Å². The van der Waals surface area contributed by atoms with Crippen molar-refractivity contribution in [3.05, 3.63) is 71.8 Å². The third-order valence-electron chi connectivity index (χ3n) is 3.13. The van der Waals surface area contributed by atoms with Gasteiger partial charge in [0.15, 0.2) is 5.78 Å². The molecule has 0 unspecified atom stereocenters. The highest BCUT2D eigenvalue weighted by atomic mass is 16.5. The molecule has 0 spiro atoms. The van der Waals surface area contributed by atoms with E-state index in [4.69, 9.17) is 9.47 Å². The highest BCUT2D eigenvalue weighted by Crippen LogP contribution is 2.20. The van der Waals surface area contributed by atoms with Gasteiger partial charge in [0.1, 0.15) is 11.5 Å². The number of hydrogen-bond donors (Lipinski definition) is 0. The van der Waals surface area contributed by atoms with Gasteiger partial charge < -0.3 is 9.47 Å². The maximum atomic E-state index is 11.9. The molecule has 0 heterocycles. The van der Waals surface area contributed by atoms with Crippen LogP contribution in [0.5, 0.6) is 11.5 Å². The van der Waals surface area contributed by atoms with Crippen molar-refractivity contribution in [2.24, 2.45) is 0 Å². The summed E-state index contributed by atoms with van der Waals surface area (Å²) in [6.45, 7) is 0. The molecule has 0 saturated carbocycles. The van der Waals surface area contributed by atoms with Crippen molar-refractivity contribution in [2.45, 2.75) is 0 Å². The van der Waals surface area contributed by atoms with E-state index in [1.54, 1.807) is 26.4 Å². The number of ketones is 1. The van der Waals surface area contributed by atoms with E-state index >= 15 is 0 Å². The Labute approximate surface area is 130 Å². The second-order valence-corrected chi connectivity index (χ2v) is 4.55. The zero-order valence-corrected chi connectivity index (χ0v) is 12.7. The van der Waals surface area contributed by atoms with Gasteiger partial charge in [0.05, 0.1) is 14.2 Å². The largest absolute Gasteiger partial charge is 0.496 e. The van der Waals surface area contributed by atoms with E-state index in [1.807, 2.05) is 48.5 Å². The summed E-state index contributed by atoms with van der Waals surface area (Å²) in [5, 5.41) is 0. The van der Waals surface area contributed by atoms with Crippen LogP contribution in [0.4, 0.5) is 0 Å². The fourth-order valence-electron chi connectivity index (χ4n) is 2.01. The SMILES string of the molecule is COc1ccccc1/C=C/C(=O)/C=C/c1ccccc1OC. The van der Waals surface area contributed by atoms with E-state index in [0.717, 1.165) is 22.6 Å². The van der Waals surface area contributed by atoms with E-state index in [-0.39, 0.29) is 5.78 Å². The van der Waals surface area contributed by atoms with Gasteiger partial charge in [-0.25, -0.2) is 0 Å². The summed E-state index contributed by atoms with van der Waals surface area (Å²) in [4.78, 5) is 11.9. The number of carbonyl (C=O) groups excluding carboxylic acids is 1. The number of rotatable bonds is 6. The van der Waals surface area contributed by atoms with Gasteiger partial charge in [0, 0.05) is 11.1 Å². The normalized spacial score (nSPS) is 11.0. The number of ether oxygens (including phenoxy) is 2.